The van der Waals surface area contributed by atoms with Crippen LogP contribution < -0.4 is 15.4 Å². The number of ether oxygens (including phenoxy) is 3. The third-order valence-corrected chi connectivity index (χ3v) is 4.39. The van der Waals surface area contributed by atoms with Gasteiger partial charge in [0.05, 0.1) is 10.6 Å². The molecule has 0 aliphatic heterocycles. The zero-order valence-corrected chi connectivity index (χ0v) is 20.0. The Hall–Kier alpha value is -3.73. The van der Waals surface area contributed by atoms with Gasteiger partial charge in [-0.15, -0.1) is 0 Å². The van der Waals surface area contributed by atoms with E-state index in [9.17, 15) is 24.1 Å². The smallest absolute Gasteiger partial charge is 0.417 e. The number of nitro benzene ring substituents is 1. The van der Waals surface area contributed by atoms with Crippen LogP contribution in [0.3, 0.4) is 0 Å². The van der Waals surface area contributed by atoms with E-state index < -0.39 is 28.4 Å². The molecule has 0 saturated heterocycles. The van der Waals surface area contributed by atoms with Crippen LogP contribution in [0.25, 0.3) is 0 Å². The van der Waals surface area contributed by atoms with Gasteiger partial charge in [0.2, 0.25) is 0 Å². The first-order valence-corrected chi connectivity index (χ1v) is 11.1. The first-order valence-electron chi connectivity index (χ1n) is 11.1. The molecule has 0 fully saturated rings. The fourth-order valence-electron chi connectivity index (χ4n) is 2.88. The number of hydrogen-bond acceptors (Lipinski definition) is 8. The second-order valence-corrected chi connectivity index (χ2v) is 8.59. The number of halogens is 1. The fourth-order valence-corrected chi connectivity index (χ4v) is 2.88. The molecule has 35 heavy (non-hydrogen) atoms. The van der Waals surface area contributed by atoms with Crippen molar-refractivity contribution in [2.24, 2.45) is 0 Å². The topological polar surface area (TPSA) is 129 Å². The SMILES string of the molecule is CC(C)(C)OC(=O)COCCCCCNc1ccc(NC(=O)Oc2ccc([N+](=O)[O-])cc2)cc1F. The molecule has 0 bridgehead atoms. The monoisotopic (exact) mass is 491 g/mol. The summed E-state index contributed by atoms with van der Waals surface area (Å²) < 4.78 is 29.8. The maximum absolute atomic E-state index is 14.3. The van der Waals surface area contributed by atoms with Crippen LogP contribution in [-0.4, -0.2) is 42.3 Å². The molecule has 0 radical (unpaired) electrons. The highest BCUT2D eigenvalue weighted by molar-refractivity contribution is 5.86. The second-order valence-electron chi connectivity index (χ2n) is 8.59. The van der Waals surface area contributed by atoms with Gasteiger partial charge in [-0.1, -0.05) is 0 Å². The van der Waals surface area contributed by atoms with Crippen LogP contribution in [0, 0.1) is 15.9 Å². The van der Waals surface area contributed by atoms with Crippen LogP contribution in [0.4, 0.5) is 26.2 Å². The molecular weight excluding hydrogens is 461 g/mol. The minimum atomic E-state index is -0.854. The number of anilines is 2. The van der Waals surface area contributed by atoms with Crippen molar-refractivity contribution < 1.29 is 33.1 Å². The minimum absolute atomic E-state index is 0.0808. The molecule has 10 nitrogen and oxygen atoms in total. The van der Waals surface area contributed by atoms with Crippen molar-refractivity contribution in [2.75, 3.05) is 30.4 Å². The van der Waals surface area contributed by atoms with Crippen molar-refractivity contribution in [1.29, 1.82) is 0 Å². The van der Waals surface area contributed by atoms with Crippen molar-refractivity contribution >= 4 is 29.1 Å². The van der Waals surface area contributed by atoms with E-state index in [1.165, 1.54) is 36.4 Å². The normalized spacial score (nSPS) is 11.0. The number of nitro groups is 1. The maximum Gasteiger partial charge on any atom is 0.417 e. The van der Waals surface area contributed by atoms with Crippen LogP contribution in [0.2, 0.25) is 0 Å². The van der Waals surface area contributed by atoms with Gasteiger partial charge in [-0.05, 0) is 70.4 Å². The number of nitrogens with zero attached hydrogens (tertiary/aromatic N) is 1. The quantitative estimate of drug-likeness (QED) is 0.177. The number of rotatable bonds is 12. The van der Waals surface area contributed by atoms with E-state index in [1.807, 2.05) is 0 Å². The van der Waals surface area contributed by atoms with Gasteiger partial charge in [0, 0.05) is 31.0 Å². The van der Waals surface area contributed by atoms with Crippen molar-refractivity contribution in [3.8, 4) is 5.75 Å². The summed E-state index contributed by atoms with van der Waals surface area (Å²) in [5, 5.41) is 16.0. The van der Waals surface area contributed by atoms with E-state index in [-0.39, 0.29) is 23.7 Å². The standard InChI is InChI=1S/C24H30FN3O7/c1-24(2,3)35-22(29)16-33-14-6-4-5-13-26-21-12-7-17(15-20(21)25)27-23(30)34-19-10-8-18(9-11-19)28(31)32/h7-12,15,26H,4-6,13-14,16H2,1-3H3,(H,27,30). The third kappa shape index (κ3) is 10.8. The Bertz CT molecular complexity index is 1010. The highest BCUT2D eigenvalue weighted by atomic mass is 19.1. The summed E-state index contributed by atoms with van der Waals surface area (Å²) in [5.41, 5.74) is -0.175. The van der Waals surface area contributed by atoms with Crippen LogP contribution >= 0.6 is 0 Å². The minimum Gasteiger partial charge on any atom is -0.458 e. The summed E-state index contributed by atoms with van der Waals surface area (Å²) in [5.74, 6) is -0.826. The lowest BCUT2D eigenvalue weighted by Crippen LogP contribution is -2.26. The van der Waals surface area contributed by atoms with Crippen molar-refractivity contribution in [3.05, 3.63) is 58.4 Å². The number of amides is 1. The van der Waals surface area contributed by atoms with Gasteiger partial charge in [0.25, 0.3) is 5.69 Å². The van der Waals surface area contributed by atoms with Gasteiger partial charge in [-0.3, -0.25) is 15.4 Å². The Morgan fingerprint density at radius 1 is 1.06 bits per heavy atom. The lowest BCUT2D eigenvalue weighted by atomic mass is 10.2. The number of unbranched alkanes of at least 4 members (excludes halogenated alkanes) is 2. The molecule has 0 aromatic heterocycles. The fraction of sp³-hybridized carbons (Fsp3) is 0.417. The second kappa shape index (κ2) is 13.2. The summed E-state index contributed by atoms with van der Waals surface area (Å²) >= 11 is 0. The van der Waals surface area contributed by atoms with Gasteiger partial charge in [0.1, 0.15) is 23.8 Å². The van der Waals surface area contributed by atoms with E-state index in [4.69, 9.17) is 14.2 Å². The molecule has 0 heterocycles. The largest absolute Gasteiger partial charge is 0.458 e. The average Bonchev–Trinajstić information content (AvgIpc) is 2.76. The number of carbonyl (C=O) groups is 2. The lowest BCUT2D eigenvalue weighted by Gasteiger charge is -2.19. The van der Waals surface area contributed by atoms with Crippen molar-refractivity contribution in [3.63, 3.8) is 0 Å². The van der Waals surface area contributed by atoms with Crippen LogP contribution in [0.15, 0.2) is 42.5 Å². The Morgan fingerprint density at radius 2 is 1.77 bits per heavy atom. The van der Waals surface area contributed by atoms with Gasteiger partial charge < -0.3 is 19.5 Å². The van der Waals surface area contributed by atoms with Crippen molar-refractivity contribution in [1.82, 2.24) is 0 Å². The molecule has 0 unspecified atom stereocenters. The Labute approximate surface area is 202 Å². The van der Waals surface area contributed by atoms with E-state index >= 15 is 0 Å². The molecule has 2 aromatic carbocycles. The zero-order valence-electron chi connectivity index (χ0n) is 20.0. The lowest BCUT2D eigenvalue weighted by molar-refractivity contribution is -0.384. The Balaban J connectivity index is 1.65. The summed E-state index contributed by atoms with van der Waals surface area (Å²) in [6.45, 7) is 6.28. The first-order chi connectivity index (χ1) is 16.5. The molecule has 2 N–H and O–H groups in total. The molecule has 0 spiro atoms. The van der Waals surface area contributed by atoms with E-state index in [1.54, 1.807) is 20.8 Å². The van der Waals surface area contributed by atoms with Gasteiger partial charge in [-0.25, -0.2) is 14.0 Å². The molecule has 11 heteroatoms. The van der Waals surface area contributed by atoms with E-state index in [0.29, 0.717) is 18.8 Å². The van der Waals surface area contributed by atoms with E-state index in [2.05, 4.69) is 10.6 Å². The van der Waals surface area contributed by atoms with E-state index in [0.717, 1.165) is 25.3 Å². The maximum atomic E-state index is 14.3. The molecule has 0 atom stereocenters. The molecule has 2 rings (SSSR count). The van der Waals surface area contributed by atoms with Crippen molar-refractivity contribution in [2.45, 2.75) is 45.6 Å². The zero-order chi connectivity index (χ0) is 25.8. The molecule has 2 aromatic rings. The molecule has 0 aliphatic carbocycles. The molecule has 0 aliphatic rings. The molecule has 0 saturated carbocycles. The Morgan fingerprint density at radius 3 is 2.40 bits per heavy atom. The van der Waals surface area contributed by atoms with Crippen LogP contribution in [0.1, 0.15) is 40.0 Å². The number of non-ortho nitro benzene ring substituents is 1. The summed E-state index contributed by atoms with van der Waals surface area (Å²) in [6, 6.07) is 9.17. The highest BCUT2D eigenvalue weighted by Crippen LogP contribution is 2.21. The summed E-state index contributed by atoms with van der Waals surface area (Å²) in [4.78, 5) is 33.6. The summed E-state index contributed by atoms with van der Waals surface area (Å²) in [7, 11) is 0. The van der Waals surface area contributed by atoms with Gasteiger partial charge in [-0.2, -0.15) is 0 Å². The third-order valence-electron chi connectivity index (χ3n) is 4.39. The number of benzene rings is 2. The number of hydrogen-bond donors (Lipinski definition) is 2. The molecular formula is C24H30FN3O7. The number of carbonyl (C=O) groups excluding carboxylic acids is 2. The first kappa shape index (κ1) is 27.5. The number of esters is 1. The van der Waals surface area contributed by atoms with Crippen LogP contribution in [-0.2, 0) is 14.3 Å². The summed E-state index contributed by atoms with van der Waals surface area (Å²) in [6.07, 6.45) is 1.51. The van der Waals surface area contributed by atoms with Gasteiger partial charge in [0.15, 0.2) is 0 Å². The molecule has 190 valence electrons. The highest BCUT2D eigenvalue weighted by Gasteiger charge is 2.16. The predicted octanol–water partition coefficient (Wildman–Crippen LogP) is 5.29. The molecule has 1 amide bonds. The Kier molecular flexibility index (Phi) is 10.4. The van der Waals surface area contributed by atoms with Crippen LogP contribution in [0.5, 0.6) is 5.75 Å². The predicted molar refractivity (Wildman–Crippen MR) is 128 cm³/mol. The number of nitrogens with one attached hydrogen (secondary N) is 2. The van der Waals surface area contributed by atoms with Gasteiger partial charge >= 0.3 is 12.1 Å². The average molecular weight is 492 g/mol.